The SMILES string of the molecule is CCNC1CCC(OC(=O)n2cc(CCN(C)C)c3cc(C)ccc32)CC1. The monoisotopic (exact) mass is 371 g/mol. The van der Waals surface area contributed by atoms with Crippen LogP contribution in [0, 0.1) is 6.92 Å². The average molecular weight is 372 g/mol. The number of carbonyl (C=O) groups is 1. The summed E-state index contributed by atoms with van der Waals surface area (Å²) < 4.78 is 7.57. The van der Waals surface area contributed by atoms with Crippen LogP contribution in [0.3, 0.4) is 0 Å². The Kier molecular flexibility index (Phi) is 6.55. The quantitative estimate of drug-likeness (QED) is 0.835. The maximum absolute atomic E-state index is 12.9. The standard InChI is InChI=1S/C22H33N3O2/c1-5-23-18-7-9-19(10-8-18)27-22(26)25-15-17(12-13-24(3)4)20-14-16(2)6-11-21(20)25/h6,11,14-15,18-19,23H,5,7-10,12-13H2,1-4H3. The molecule has 1 aromatic heterocycles. The normalized spacial score (nSPS) is 20.3. The molecule has 0 unspecified atom stereocenters. The van der Waals surface area contributed by atoms with E-state index >= 15 is 0 Å². The number of ether oxygens (including phenoxy) is 1. The number of fused-ring (bicyclic) bond motifs is 1. The first kappa shape index (κ1) is 19.9. The molecule has 0 spiro atoms. The molecular weight excluding hydrogens is 338 g/mol. The molecule has 3 rings (SSSR count). The Morgan fingerprint density at radius 2 is 2.00 bits per heavy atom. The summed E-state index contributed by atoms with van der Waals surface area (Å²) in [5, 5.41) is 4.65. The molecule has 0 aliphatic heterocycles. The highest BCUT2D eigenvalue weighted by Crippen LogP contribution is 2.26. The van der Waals surface area contributed by atoms with Gasteiger partial charge in [-0.15, -0.1) is 0 Å². The summed E-state index contributed by atoms with van der Waals surface area (Å²) in [4.78, 5) is 15.1. The number of nitrogens with one attached hydrogen (secondary N) is 1. The number of likely N-dealkylation sites (N-methyl/N-ethyl adjacent to an activating group) is 1. The van der Waals surface area contributed by atoms with Gasteiger partial charge in [-0.1, -0.05) is 18.6 Å². The molecular formula is C22H33N3O2. The van der Waals surface area contributed by atoms with E-state index in [-0.39, 0.29) is 12.2 Å². The van der Waals surface area contributed by atoms with E-state index in [1.165, 1.54) is 11.1 Å². The predicted octanol–water partition coefficient (Wildman–Crippen LogP) is 3.96. The minimum atomic E-state index is -0.244. The van der Waals surface area contributed by atoms with Crippen LogP contribution in [0.1, 0.15) is 43.7 Å². The van der Waals surface area contributed by atoms with E-state index in [1.807, 2.05) is 12.3 Å². The van der Waals surface area contributed by atoms with Gasteiger partial charge in [0.25, 0.3) is 0 Å². The van der Waals surface area contributed by atoms with E-state index in [4.69, 9.17) is 4.74 Å². The molecule has 0 amide bonds. The Hall–Kier alpha value is -1.85. The maximum Gasteiger partial charge on any atom is 0.418 e. The van der Waals surface area contributed by atoms with E-state index in [1.54, 1.807) is 4.57 Å². The molecule has 1 aromatic carbocycles. The first-order chi connectivity index (χ1) is 13.0. The smallest absolute Gasteiger partial charge is 0.418 e. The van der Waals surface area contributed by atoms with E-state index in [0.717, 1.165) is 56.1 Å². The topological polar surface area (TPSA) is 46.5 Å². The Morgan fingerprint density at radius 3 is 2.67 bits per heavy atom. The highest BCUT2D eigenvalue weighted by atomic mass is 16.6. The highest BCUT2D eigenvalue weighted by molar-refractivity contribution is 5.92. The van der Waals surface area contributed by atoms with Gasteiger partial charge in [0.1, 0.15) is 6.10 Å². The third-order valence-corrected chi connectivity index (χ3v) is 5.50. The second-order valence-corrected chi connectivity index (χ2v) is 8.01. The van der Waals surface area contributed by atoms with Crippen molar-refractivity contribution in [1.29, 1.82) is 0 Å². The fraction of sp³-hybridized carbons (Fsp3) is 0.591. The summed E-state index contributed by atoms with van der Waals surface area (Å²) in [5.74, 6) is 0. The van der Waals surface area contributed by atoms with E-state index in [0.29, 0.717) is 6.04 Å². The van der Waals surface area contributed by atoms with Gasteiger partial charge in [-0.25, -0.2) is 4.79 Å². The molecule has 1 saturated carbocycles. The van der Waals surface area contributed by atoms with Crippen molar-refractivity contribution in [2.75, 3.05) is 27.2 Å². The van der Waals surface area contributed by atoms with Crippen LogP contribution in [0.5, 0.6) is 0 Å². The Balaban J connectivity index is 1.74. The molecule has 0 atom stereocenters. The molecule has 1 N–H and O–H groups in total. The first-order valence-electron chi connectivity index (χ1n) is 10.2. The molecule has 0 radical (unpaired) electrons. The summed E-state index contributed by atoms with van der Waals surface area (Å²) in [5.41, 5.74) is 3.36. The van der Waals surface area contributed by atoms with Crippen LogP contribution in [0.15, 0.2) is 24.4 Å². The number of hydrogen-bond donors (Lipinski definition) is 1. The van der Waals surface area contributed by atoms with Crippen LogP contribution >= 0.6 is 0 Å². The van der Waals surface area contributed by atoms with Crippen molar-refractivity contribution in [3.63, 3.8) is 0 Å². The number of hydrogen-bond acceptors (Lipinski definition) is 4. The van der Waals surface area contributed by atoms with Crippen LogP contribution < -0.4 is 5.32 Å². The molecule has 148 valence electrons. The first-order valence-corrected chi connectivity index (χ1v) is 10.2. The van der Waals surface area contributed by atoms with Crippen LogP contribution in [0.4, 0.5) is 4.79 Å². The molecule has 1 aliphatic rings. The lowest BCUT2D eigenvalue weighted by Gasteiger charge is -2.28. The van der Waals surface area contributed by atoms with Gasteiger partial charge in [0.05, 0.1) is 5.52 Å². The van der Waals surface area contributed by atoms with Crippen molar-refractivity contribution < 1.29 is 9.53 Å². The zero-order valence-electron chi connectivity index (χ0n) is 17.1. The number of benzene rings is 1. The molecule has 27 heavy (non-hydrogen) atoms. The molecule has 1 heterocycles. The molecule has 2 aromatic rings. The zero-order chi connectivity index (χ0) is 19.4. The minimum Gasteiger partial charge on any atom is -0.446 e. The lowest BCUT2D eigenvalue weighted by Crippen LogP contribution is -2.36. The van der Waals surface area contributed by atoms with Crippen molar-refractivity contribution >= 4 is 17.0 Å². The van der Waals surface area contributed by atoms with Crippen LogP contribution in [0.25, 0.3) is 10.9 Å². The number of nitrogens with zero attached hydrogens (tertiary/aromatic N) is 2. The second-order valence-electron chi connectivity index (χ2n) is 8.01. The summed E-state index contributed by atoms with van der Waals surface area (Å²) >= 11 is 0. The largest absolute Gasteiger partial charge is 0.446 e. The molecule has 0 saturated heterocycles. The van der Waals surface area contributed by atoms with Crippen LogP contribution in [-0.4, -0.2) is 54.9 Å². The molecule has 1 aliphatic carbocycles. The van der Waals surface area contributed by atoms with Gasteiger partial charge >= 0.3 is 6.09 Å². The van der Waals surface area contributed by atoms with E-state index in [2.05, 4.69) is 50.3 Å². The lowest BCUT2D eigenvalue weighted by atomic mass is 9.93. The van der Waals surface area contributed by atoms with Crippen molar-refractivity contribution in [2.24, 2.45) is 0 Å². The third-order valence-electron chi connectivity index (χ3n) is 5.50. The van der Waals surface area contributed by atoms with Gasteiger partial charge in [-0.05, 0) is 77.4 Å². The van der Waals surface area contributed by atoms with Gasteiger partial charge in [0.2, 0.25) is 0 Å². The van der Waals surface area contributed by atoms with Gasteiger partial charge in [0.15, 0.2) is 0 Å². The number of aromatic nitrogens is 1. The van der Waals surface area contributed by atoms with Gasteiger partial charge < -0.3 is 15.0 Å². The van der Waals surface area contributed by atoms with E-state index in [9.17, 15) is 4.79 Å². The van der Waals surface area contributed by atoms with Crippen molar-refractivity contribution in [2.45, 2.75) is 58.1 Å². The molecule has 5 nitrogen and oxygen atoms in total. The van der Waals surface area contributed by atoms with Crippen molar-refractivity contribution in [3.8, 4) is 0 Å². The summed E-state index contributed by atoms with van der Waals surface area (Å²) in [6.45, 7) is 6.18. The number of rotatable bonds is 6. The Bertz CT molecular complexity index is 773. The predicted molar refractivity (Wildman–Crippen MR) is 111 cm³/mol. The zero-order valence-corrected chi connectivity index (χ0v) is 17.1. The molecule has 0 bridgehead atoms. The number of aryl methyl sites for hydroxylation is 1. The van der Waals surface area contributed by atoms with Gasteiger partial charge in [-0.3, -0.25) is 4.57 Å². The van der Waals surface area contributed by atoms with Gasteiger partial charge in [-0.2, -0.15) is 0 Å². The fourth-order valence-corrected chi connectivity index (χ4v) is 3.98. The summed E-state index contributed by atoms with van der Waals surface area (Å²) in [7, 11) is 4.14. The van der Waals surface area contributed by atoms with E-state index < -0.39 is 0 Å². The fourth-order valence-electron chi connectivity index (χ4n) is 3.98. The average Bonchev–Trinajstić information content (AvgIpc) is 3.00. The third kappa shape index (κ3) is 4.90. The Morgan fingerprint density at radius 1 is 1.26 bits per heavy atom. The van der Waals surface area contributed by atoms with Crippen molar-refractivity contribution in [3.05, 3.63) is 35.5 Å². The van der Waals surface area contributed by atoms with Gasteiger partial charge in [0, 0.05) is 24.2 Å². The lowest BCUT2D eigenvalue weighted by molar-refractivity contribution is 0.0707. The second kappa shape index (κ2) is 8.89. The van der Waals surface area contributed by atoms with Crippen LogP contribution in [0.2, 0.25) is 0 Å². The minimum absolute atomic E-state index is 0.0283. The maximum atomic E-state index is 12.9. The molecule has 1 fully saturated rings. The van der Waals surface area contributed by atoms with Crippen molar-refractivity contribution in [1.82, 2.24) is 14.8 Å². The Labute approximate surface area is 162 Å². The highest BCUT2D eigenvalue weighted by Gasteiger charge is 2.25. The summed E-state index contributed by atoms with van der Waals surface area (Å²) in [6, 6.07) is 6.83. The summed E-state index contributed by atoms with van der Waals surface area (Å²) in [6.07, 6.45) is 6.70. The number of carbonyl (C=O) groups excluding carboxylic acids is 1. The molecule has 5 heteroatoms. The van der Waals surface area contributed by atoms with Crippen LogP contribution in [-0.2, 0) is 11.2 Å².